The summed E-state index contributed by atoms with van der Waals surface area (Å²) in [6, 6.07) is 1.06. The second-order valence-corrected chi connectivity index (χ2v) is 9.01. The van der Waals surface area contributed by atoms with Crippen LogP contribution in [0.25, 0.3) is 0 Å². The van der Waals surface area contributed by atoms with Crippen LogP contribution in [0.2, 0.25) is 0 Å². The number of sulfone groups is 1. The minimum Gasteiger partial charge on any atom is -0.478 e. The average molecular weight is 327 g/mol. The molecule has 1 rings (SSSR count). The van der Waals surface area contributed by atoms with E-state index in [0.717, 1.165) is 23.7 Å². The molecule has 0 amide bonds. The number of rotatable bonds is 7. The van der Waals surface area contributed by atoms with E-state index in [-0.39, 0.29) is 28.5 Å². The lowest BCUT2D eigenvalue weighted by Crippen LogP contribution is -2.25. The van der Waals surface area contributed by atoms with Gasteiger partial charge in [-0.05, 0) is 12.5 Å². The smallest absolute Gasteiger partial charge is 0.336 e. The molecule has 0 unspecified atom stereocenters. The SMILES string of the molecule is CS(=O)(=O)CCCNS(=O)(=O)c1cc(C(=O)O)cs1. The van der Waals surface area contributed by atoms with Crippen molar-refractivity contribution in [3.8, 4) is 0 Å². The van der Waals surface area contributed by atoms with Crippen molar-refractivity contribution in [1.82, 2.24) is 4.72 Å². The largest absolute Gasteiger partial charge is 0.478 e. The van der Waals surface area contributed by atoms with Crippen LogP contribution < -0.4 is 4.72 Å². The van der Waals surface area contributed by atoms with Crippen LogP contribution in [0.1, 0.15) is 16.8 Å². The van der Waals surface area contributed by atoms with Crippen molar-refractivity contribution in [2.75, 3.05) is 18.6 Å². The van der Waals surface area contributed by atoms with Crippen LogP contribution in [0.4, 0.5) is 0 Å². The molecular weight excluding hydrogens is 314 g/mol. The molecule has 108 valence electrons. The van der Waals surface area contributed by atoms with Crippen LogP contribution in [-0.2, 0) is 19.9 Å². The van der Waals surface area contributed by atoms with Crippen LogP contribution in [0.3, 0.4) is 0 Å². The molecule has 0 aliphatic carbocycles. The Labute approximate surface area is 115 Å². The molecular formula is C9H13NO6S3. The first-order valence-electron chi connectivity index (χ1n) is 5.11. The molecule has 2 N–H and O–H groups in total. The van der Waals surface area contributed by atoms with Crippen LogP contribution in [0.5, 0.6) is 0 Å². The zero-order valence-electron chi connectivity index (χ0n) is 9.99. The summed E-state index contributed by atoms with van der Waals surface area (Å²) >= 11 is 0.799. The third-order valence-corrected chi connectivity index (χ3v) is 6.00. The van der Waals surface area contributed by atoms with E-state index >= 15 is 0 Å². The molecule has 0 atom stereocenters. The molecule has 1 aromatic rings. The molecule has 1 heterocycles. The van der Waals surface area contributed by atoms with Crippen molar-refractivity contribution in [3.05, 3.63) is 17.0 Å². The summed E-state index contributed by atoms with van der Waals surface area (Å²) in [6.45, 7) is -0.0181. The molecule has 7 nitrogen and oxygen atoms in total. The first-order valence-corrected chi connectivity index (χ1v) is 9.53. The lowest BCUT2D eigenvalue weighted by atomic mass is 10.4. The van der Waals surface area contributed by atoms with E-state index in [2.05, 4.69) is 4.72 Å². The lowest BCUT2D eigenvalue weighted by Gasteiger charge is -2.03. The second-order valence-electron chi connectivity index (χ2n) is 3.84. The van der Waals surface area contributed by atoms with Crippen molar-refractivity contribution >= 4 is 37.2 Å². The van der Waals surface area contributed by atoms with E-state index in [0.29, 0.717) is 0 Å². The number of nitrogens with one attached hydrogen (secondary N) is 1. The maximum Gasteiger partial charge on any atom is 0.336 e. The fraction of sp³-hybridized carbons (Fsp3) is 0.444. The fourth-order valence-corrected chi connectivity index (χ4v) is 4.12. The molecule has 0 aromatic carbocycles. The highest BCUT2D eigenvalue weighted by atomic mass is 32.2. The summed E-state index contributed by atoms with van der Waals surface area (Å²) in [5.74, 6) is -1.31. The van der Waals surface area contributed by atoms with Crippen molar-refractivity contribution < 1.29 is 26.7 Å². The first kappa shape index (κ1) is 16.1. The number of carboxylic acids is 1. The third-order valence-electron chi connectivity index (χ3n) is 2.07. The highest BCUT2D eigenvalue weighted by molar-refractivity contribution is 7.91. The molecule has 0 fully saturated rings. The summed E-state index contributed by atoms with van der Waals surface area (Å²) in [6.07, 6.45) is 1.23. The Bertz CT molecular complexity index is 658. The van der Waals surface area contributed by atoms with Crippen LogP contribution in [0, 0.1) is 0 Å². The van der Waals surface area contributed by atoms with Gasteiger partial charge in [-0.15, -0.1) is 11.3 Å². The van der Waals surface area contributed by atoms with Gasteiger partial charge in [0.25, 0.3) is 0 Å². The van der Waals surface area contributed by atoms with Gasteiger partial charge in [-0.1, -0.05) is 0 Å². The highest BCUT2D eigenvalue weighted by Gasteiger charge is 2.18. The van der Waals surface area contributed by atoms with Gasteiger partial charge in [-0.2, -0.15) is 0 Å². The summed E-state index contributed by atoms with van der Waals surface area (Å²) in [7, 11) is -6.90. The van der Waals surface area contributed by atoms with Crippen LogP contribution >= 0.6 is 11.3 Å². The Morgan fingerprint density at radius 2 is 2.00 bits per heavy atom. The predicted molar refractivity (Wildman–Crippen MR) is 70.8 cm³/mol. The average Bonchev–Trinajstić information content (AvgIpc) is 2.73. The Morgan fingerprint density at radius 3 is 2.47 bits per heavy atom. The standard InChI is InChI=1S/C9H13NO6S3/c1-18(13,14)4-2-3-10-19(15,16)8-5-7(6-17-8)9(11)12/h5-6,10H,2-4H2,1H3,(H,11,12). The van der Waals surface area contributed by atoms with Crippen molar-refractivity contribution in [2.24, 2.45) is 0 Å². The van der Waals surface area contributed by atoms with E-state index in [1.54, 1.807) is 0 Å². The number of hydrogen-bond acceptors (Lipinski definition) is 6. The van der Waals surface area contributed by atoms with Gasteiger partial charge in [-0.25, -0.2) is 26.4 Å². The quantitative estimate of drug-likeness (QED) is 0.689. The van der Waals surface area contributed by atoms with Gasteiger partial charge in [0.15, 0.2) is 0 Å². The van der Waals surface area contributed by atoms with E-state index < -0.39 is 25.8 Å². The van der Waals surface area contributed by atoms with Crippen LogP contribution in [-0.4, -0.2) is 46.5 Å². The van der Waals surface area contributed by atoms with Gasteiger partial charge in [0.05, 0.1) is 11.3 Å². The molecule has 0 saturated heterocycles. The van der Waals surface area contributed by atoms with Gasteiger partial charge in [-0.3, -0.25) is 0 Å². The number of thiophene rings is 1. The monoisotopic (exact) mass is 327 g/mol. The first-order chi connectivity index (χ1) is 8.62. The minimum atomic E-state index is -3.78. The molecule has 0 aliphatic rings. The Morgan fingerprint density at radius 1 is 1.37 bits per heavy atom. The third kappa shape index (κ3) is 5.27. The van der Waals surface area contributed by atoms with E-state index in [9.17, 15) is 21.6 Å². The molecule has 0 saturated carbocycles. The molecule has 1 aromatic heterocycles. The van der Waals surface area contributed by atoms with Gasteiger partial charge in [0.2, 0.25) is 10.0 Å². The van der Waals surface area contributed by atoms with E-state index in [4.69, 9.17) is 5.11 Å². The fourth-order valence-electron chi connectivity index (χ4n) is 1.18. The zero-order chi connectivity index (χ0) is 14.7. The second kappa shape index (κ2) is 5.99. The normalized spacial score (nSPS) is 12.5. The summed E-state index contributed by atoms with van der Waals surface area (Å²) < 4.78 is 47.3. The van der Waals surface area contributed by atoms with Crippen molar-refractivity contribution in [1.29, 1.82) is 0 Å². The van der Waals surface area contributed by atoms with Crippen molar-refractivity contribution in [2.45, 2.75) is 10.6 Å². The maximum atomic E-state index is 11.7. The molecule has 10 heteroatoms. The number of carboxylic acid groups (broad SMARTS) is 1. The molecule has 0 spiro atoms. The Kier molecular flexibility index (Phi) is 5.07. The summed E-state index contributed by atoms with van der Waals surface area (Å²) in [4.78, 5) is 10.6. The zero-order valence-corrected chi connectivity index (χ0v) is 12.4. The predicted octanol–water partition coefficient (Wildman–Crippen LogP) is 0.159. The summed E-state index contributed by atoms with van der Waals surface area (Å²) in [5.41, 5.74) is -0.0958. The van der Waals surface area contributed by atoms with Gasteiger partial charge in [0.1, 0.15) is 14.0 Å². The highest BCUT2D eigenvalue weighted by Crippen LogP contribution is 2.19. The number of hydrogen-bond donors (Lipinski definition) is 2. The number of sulfonamides is 1. The van der Waals surface area contributed by atoms with E-state index in [1.807, 2.05) is 0 Å². The van der Waals surface area contributed by atoms with Crippen LogP contribution in [0.15, 0.2) is 15.7 Å². The van der Waals surface area contributed by atoms with Gasteiger partial charge < -0.3 is 5.11 Å². The molecule has 0 bridgehead atoms. The Hall–Kier alpha value is -0.970. The maximum absolute atomic E-state index is 11.7. The van der Waals surface area contributed by atoms with E-state index in [1.165, 1.54) is 5.38 Å². The molecule has 19 heavy (non-hydrogen) atoms. The molecule has 0 aliphatic heterocycles. The minimum absolute atomic E-state index is 0.0181. The number of carbonyl (C=O) groups is 1. The topological polar surface area (TPSA) is 118 Å². The number of aromatic carboxylic acids is 1. The van der Waals surface area contributed by atoms with Gasteiger partial charge in [0, 0.05) is 18.2 Å². The Balaban J connectivity index is 2.63. The van der Waals surface area contributed by atoms with Gasteiger partial charge >= 0.3 is 5.97 Å². The van der Waals surface area contributed by atoms with Crippen molar-refractivity contribution in [3.63, 3.8) is 0 Å². The molecule has 0 radical (unpaired) electrons. The lowest BCUT2D eigenvalue weighted by molar-refractivity contribution is 0.0697. The summed E-state index contributed by atoms with van der Waals surface area (Å²) in [5, 5.41) is 9.92.